The van der Waals surface area contributed by atoms with E-state index in [0.717, 1.165) is 10.9 Å². The van der Waals surface area contributed by atoms with Crippen molar-refractivity contribution < 1.29 is 13.3 Å². The summed E-state index contributed by atoms with van der Waals surface area (Å²) in [5.41, 5.74) is -0.417. The average molecular weight is 368 g/mol. The van der Waals surface area contributed by atoms with Crippen molar-refractivity contribution in [1.29, 1.82) is 0 Å². The number of thiazole rings is 1. The van der Waals surface area contributed by atoms with Gasteiger partial charge in [-0.3, -0.25) is 10.1 Å². The van der Waals surface area contributed by atoms with E-state index >= 15 is 0 Å². The number of aryl methyl sites for hydroxylation is 1. The Bertz CT molecular complexity index is 783. The summed E-state index contributed by atoms with van der Waals surface area (Å²) in [5.74, 6) is 0. The summed E-state index contributed by atoms with van der Waals surface area (Å²) in [5, 5.41) is 11.3. The summed E-state index contributed by atoms with van der Waals surface area (Å²) in [4.78, 5) is 15.1. The second-order valence-corrected chi connectivity index (χ2v) is 9.00. The van der Waals surface area contributed by atoms with Gasteiger partial charge in [-0.1, -0.05) is 11.6 Å². The molecule has 2 aromatic heterocycles. The maximum atomic E-state index is 12.2. The number of rotatable bonds is 5. The zero-order valence-corrected chi connectivity index (χ0v) is 14.1. The van der Waals surface area contributed by atoms with E-state index in [0.29, 0.717) is 16.3 Å². The molecule has 11 heteroatoms. The van der Waals surface area contributed by atoms with Gasteiger partial charge in [-0.25, -0.2) is 18.1 Å². The van der Waals surface area contributed by atoms with Crippen LogP contribution >= 0.6 is 34.3 Å². The fourth-order valence-corrected chi connectivity index (χ4v) is 5.25. The minimum atomic E-state index is -3.89. The van der Waals surface area contributed by atoms with E-state index in [1.165, 1.54) is 11.3 Å². The van der Waals surface area contributed by atoms with Crippen molar-refractivity contribution in [3.8, 4) is 0 Å². The fourth-order valence-electron chi connectivity index (χ4n) is 1.51. The highest BCUT2D eigenvalue weighted by Gasteiger charge is 2.27. The molecular formula is C10H10ClN3O4S3. The predicted molar refractivity (Wildman–Crippen MR) is 81.6 cm³/mol. The Morgan fingerprint density at radius 2 is 2.14 bits per heavy atom. The first-order valence-corrected chi connectivity index (χ1v) is 9.08. The van der Waals surface area contributed by atoms with Crippen LogP contribution in [0.4, 0.5) is 5.69 Å². The molecule has 2 aromatic rings. The number of aromatic nitrogens is 1. The molecule has 0 aromatic carbocycles. The third-order valence-corrected chi connectivity index (χ3v) is 6.90. The molecule has 2 rings (SSSR count). The Hall–Kier alpha value is -1.07. The minimum Gasteiger partial charge on any atom is -0.258 e. The highest BCUT2D eigenvalue weighted by atomic mass is 35.5. The van der Waals surface area contributed by atoms with Crippen molar-refractivity contribution in [3.63, 3.8) is 0 Å². The highest BCUT2D eigenvalue weighted by Crippen LogP contribution is 2.36. The number of nitro groups is 1. The zero-order valence-electron chi connectivity index (χ0n) is 10.9. The number of halogens is 1. The van der Waals surface area contributed by atoms with Gasteiger partial charge in [0.1, 0.15) is 9.22 Å². The van der Waals surface area contributed by atoms with E-state index < -0.39 is 26.7 Å². The number of sulfonamides is 1. The summed E-state index contributed by atoms with van der Waals surface area (Å²) in [6.07, 6.45) is 1.65. The van der Waals surface area contributed by atoms with Gasteiger partial charge >= 0.3 is 0 Å². The van der Waals surface area contributed by atoms with Crippen molar-refractivity contribution in [3.05, 3.63) is 36.6 Å². The van der Waals surface area contributed by atoms with E-state index in [1.54, 1.807) is 13.1 Å². The minimum absolute atomic E-state index is 0.168. The number of thiophene rings is 1. The standard InChI is InChI=1S/C10H10ClN3O4S3/c1-5-4-12-10(19-5)6(2)13-21(17,18)8-3-7(14(15)16)9(11)20-8/h3-4,6,13H,1-2H3. The van der Waals surface area contributed by atoms with Crippen LogP contribution in [0.3, 0.4) is 0 Å². The third-order valence-electron chi connectivity index (χ3n) is 2.45. The molecule has 21 heavy (non-hydrogen) atoms. The first-order valence-electron chi connectivity index (χ1n) is 5.59. The third kappa shape index (κ3) is 3.58. The van der Waals surface area contributed by atoms with Gasteiger partial charge in [0.15, 0.2) is 4.34 Å². The lowest BCUT2D eigenvalue weighted by molar-refractivity contribution is -0.384. The van der Waals surface area contributed by atoms with Gasteiger partial charge in [0.05, 0.1) is 11.0 Å². The SMILES string of the molecule is Cc1cnc(C(C)NS(=O)(=O)c2cc([N+](=O)[O-])c(Cl)s2)s1. The smallest absolute Gasteiger partial charge is 0.258 e. The summed E-state index contributed by atoms with van der Waals surface area (Å²) in [6, 6.07) is 0.420. The lowest BCUT2D eigenvalue weighted by Gasteiger charge is -2.10. The summed E-state index contributed by atoms with van der Waals surface area (Å²) in [6.45, 7) is 3.52. The Balaban J connectivity index is 2.26. The summed E-state index contributed by atoms with van der Waals surface area (Å²) >= 11 is 7.70. The van der Waals surface area contributed by atoms with Gasteiger partial charge in [-0.2, -0.15) is 0 Å². The summed E-state index contributed by atoms with van der Waals surface area (Å²) < 4.78 is 26.5. The van der Waals surface area contributed by atoms with Crippen LogP contribution in [-0.2, 0) is 10.0 Å². The molecule has 0 aliphatic rings. The molecule has 0 aliphatic heterocycles. The fraction of sp³-hybridized carbons (Fsp3) is 0.300. The Morgan fingerprint density at radius 3 is 2.62 bits per heavy atom. The second kappa shape index (κ2) is 5.97. The van der Waals surface area contributed by atoms with E-state index in [9.17, 15) is 18.5 Å². The van der Waals surface area contributed by atoms with Crippen molar-refractivity contribution in [2.24, 2.45) is 0 Å². The van der Waals surface area contributed by atoms with Gasteiger partial charge in [0, 0.05) is 17.1 Å². The number of hydrogen-bond acceptors (Lipinski definition) is 7. The van der Waals surface area contributed by atoms with E-state index in [-0.39, 0.29) is 8.55 Å². The molecule has 0 spiro atoms. The molecule has 1 unspecified atom stereocenters. The molecule has 1 N–H and O–H groups in total. The van der Waals surface area contributed by atoms with E-state index in [1.807, 2.05) is 6.92 Å². The van der Waals surface area contributed by atoms with Crippen LogP contribution in [0.15, 0.2) is 16.5 Å². The first kappa shape index (κ1) is 16.3. The molecule has 2 heterocycles. The van der Waals surface area contributed by atoms with Crippen LogP contribution in [-0.4, -0.2) is 18.3 Å². The monoisotopic (exact) mass is 367 g/mol. The highest BCUT2D eigenvalue weighted by molar-refractivity contribution is 7.91. The van der Waals surface area contributed by atoms with Crippen LogP contribution in [0.5, 0.6) is 0 Å². The number of hydrogen-bond donors (Lipinski definition) is 1. The lowest BCUT2D eigenvalue weighted by atomic mass is 10.4. The Kier molecular flexibility index (Phi) is 4.63. The van der Waals surface area contributed by atoms with Crippen molar-refractivity contribution in [2.45, 2.75) is 24.1 Å². The molecule has 114 valence electrons. The van der Waals surface area contributed by atoms with Crippen molar-refractivity contribution in [1.82, 2.24) is 9.71 Å². The quantitative estimate of drug-likeness (QED) is 0.646. The molecule has 0 amide bonds. The Labute approximate surface area is 133 Å². The van der Waals surface area contributed by atoms with Gasteiger partial charge in [0.2, 0.25) is 0 Å². The molecule has 0 radical (unpaired) electrons. The molecular weight excluding hydrogens is 358 g/mol. The largest absolute Gasteiger partial charge is 0.300 e. The molecule has 0 bridgehead atoms. The predicted octanol–water partition coefficient (Wildman–Crippen LogP) is 3.11. The van der Waals surface area contributed by atoms with Gasteiger partial charge in [-0.15, -0.1) is 22.7 Å². The van der Waals surface area contributed by atoms with Gasteiger partial charge < -0.3 is 0 Å². The van der Waals surface area contributed by atoms with Crippen LogP contribution in [0.1, 0.15) is 22.9 Å². The molecule has 0 saturated carbocycles. The van der Waals surface area contributed by atoms with Crippen LogP contribution < -0.4 is 4.72 Å². The van der Waals surface area contributed by atoms with E-state index in [4.69, 9.17) is 11.6 Å². The van der Waals surface area contributed by atoms with Crippen LogP contribution in [0, 0.1) is 17.0 Å². The van der Waals surface area contributed by atoms with Crippen molar-refractivity contribution >= 4 is 50.0 Å². The maximum absolute atomic E-state index is 12.2. The van der Waals surface area contributed by atoms with Crippen molar-refractivity contribution in [2.75, 3.05) is 0 Å². The number of nitrogens with zero attached hydrogens (tertiary/aromatic N) is 2. The Morgan fingerprint density at radius 1 is 1.48 bits per heavy atom. The first-order chi connectivity index (χ1) is 9.70. The summed E-state index contributed by atoms with van der Waals surface area (Å²) in [7, 11) is -3.89. The number of nitrogens with one attached hydrogen (secondary N) is 1. The van der Waals surface area contributed by atoms with Gasteiger partial charge in [-0.05, 0) is 13.8 Å². The lowest BCUT2D eigenvalue weighted by Crippen LogP contribution is -2.26. The maximum Gasteiger partial charge on any atom is 0.300 e. The molecule has 1 atom stereocenters. The van der Waals surface area contributed by atoms with E-state index in [2.05, 4.69) is 9.71 Å². The van der Waals surface area contributed by atoms with Gasteiger partial charge in [0.25, 0.3) is 15.7 Å². The topological polar surface area (TPSA) is 102 Å². The molecule has 7 nitrogen and oxygen atoms in total. The zero-order chi connectivity index (χ0) is 15.8. The molecule has 0 fully saturated rings. The average Bonchev–Trinajstić information content (AvgIpc) is 2.95. The van der Waals surface area contributed by atoms with Crippen LogP contribution in [0.2, 0.25) is 4.34 Å². The normalized spacial score (nSPS) is 13.3. The second-order valence-electron chi connectivity index (χ2n) is 4.13. The van der Waals surface area contributed by atoms with Crippen LogP contribution in [0.25, 0.3) is 0 Å². The molecule has 0 saturated heterocycles. The molecule has 0 aliphatic carbocycles.